The number of anilines is 2. The first kappa shape index (κ1) is 13.9. The second-order valence-electron chi connectivity index (χ2n) is 6.47. The van der Waals surface area contributed by atoms with Gasteiger partial charge in [0, 0.05) is 28.8 Å². The second-order valence-corrected chi connectivity index (χ2v) is 7.33. The minimum atomic E-state index is -1.05. The van der Waals surface area contributed by atoms with Crippen LogP contribution < -0.4 is 10.2 Å². The molecule has 2 heterocycles. The summed E-state index contributed by atoms with van der Waals surface area (Å²) in [5, 5.41) is 12.6. The Morgan fingerprint density at radius 3 is 2.90 bits per heavy atom. The van der Waals surface area contributed by atoms with Crippen LogP contribution in [0.1, 0.15) is 38.4 Å². The van der Waals surface area contributed by atoms with Crippen LogP contribution in [-0.2, 0) is 4.79 Å². The van der Waals surface area contributed by atoms with Gasteiger partial charge in [-0.1, -0.05) is 13.8 Å². The summed E-state index contributed by atoms with van der Waals surface area (Å²) in [5.74, 6) is -0.344. The molecule has 1 unspecified atom stereocenters. The minimum Gasteiger partial charge on any atom is -0.378 e. The number of hydrogen-bond donors (Lipinski definition) is 2. The first-order valence-corrected chi connectivity index (χ1v) is 7.74. The number of piperidine rings is 1. The molecule has 3 rings (SSSR count). The fourth-order valence-corrected chi connectivity index (χ4v) is 3.74. The predicted molar refractivity (Wildman–Crippen MR) is 83.0 cm³/mol. The smallest absolute Gasteiger partial charge is 0.257 e. The molecule has 108 valence electrons. The van der Waals surface area contributed by atoms with Gasteiger partial charge in [0.2, 0.25) is 0 Å². The van der Waals surface area contributed by atoms with Crippen LogP contribution in [0.5, 0.6) is 0 Å². The van der Waals surface area contributed by atoms with Gasteiger partial charge in [0.25, 0.3) is 5.91 Å². The van der Waals surface area contributed by atoms with Crippen LogP contribution in [0, 0.1) is 5.41 Å². The fourth-order valence-electron chi connectivity index (χ4n) is 3.13. The third kappa shape index (κ3) is 2.33. The van der Waals surface area contributed by atoms with Crippen molar-refractivity contribution in [3.05, 3.63) is 22.2 Å². The third-order valence-corrected chi connectivity index (χ3v) is 4.80. The summed E-state index contributed by atoms with van der Waals surface area (Å²) in [6.07, 6.45) is 1.36. The molecule has 4 nitrogen and oxygen atoms in total. The highest BCUT2D eigenvalue weighted by atomic mass is 79.9. The Kier molecular flexibility index (Phi) is 3.29. The maximum atomic E-state index is 11.5. The lowest BCUT2D eigenvalue weighted by Gasteiger charge is -2.40. The molecule has 0 saturated carbocycles. The maximum absolute atomic E-state index is 11.5. The molecule has 1 aromatic carbocycles. The van der Waals surface area contributed by atoms with Crippen LogP contribution in [0.2, 0.25) is 0 Å². The van der Waals surface area contributed by atoms with Gasteiger partial charge in [-0.15, -0.1) is 0 Å². The predicted octanol–water partition coefficient (Wildman–Crippen LogP) is 3.06. The summed E-state index contributed by atoms with van der Waals surface area (Å²) in [6.45, 7) is 6.59. The summed E-state index contributed by atoms with van der Waals surface area (Å²) in [7, 11) is 0. The topological polar surface area (TPSA) is 52.6 Å². The van der Waals surface area contributed by atoms with Crippen LogP contribution in [0.4, 0.5) is 11.4 Å². The van der Waals surface area contributed by atoms with Crippen LogP contribution in [-0.4, -0.2) is 24.1 Å². The van der Waals surface area contributed by atoms with E-state index >= 15 is 0 Å². The second kappa shape index (κ2) is 4.74. The van der Waals surface area contributed by atoms with Crippen LogP contribution in [0.3, 0.4) is 0 Å². The van der Waals surface area contributed by atoms with Crippen molar-refractivity contribution in [3.63, 3.8) is 0 Å². The van der Waals surface area contributed by atoms with E-state index in [1.165, 1.54) is 12.8 Å². The van der Waals surface area contributed by atoms with Crippen molar-refractivity contribution >= 4 is 33.2 Å². The summed E-state index contributed by atoms with van der Waals surface area (Å²) in [4.78, 5) is 13.9. The highest BCUT2D eigenvalue weighted by Crippen LogP contribution is 2.41. The number of amides is 1. The van der Waals surface area contributed by atoms with Crippen molar-refractivity contribution in [3.8, 4) is 0 Å². The monoisotopic (exact) mass is 338 g/mol. The lowest BCUT2D eigenvalue weighted by Crippen LogP contribution is -2.40. The van der Waals surface area contributed by atoms with Crippen molar-refractivity contribution in [2.45, 2.75) is 32.8 Å². The van der Waals surface area contributed by atoms with Gasteiger partial charge >= 0.3 is 0 Å². The van der Waals surface area contributed by atoms with Gasteiger partial charge in [-0.2, -0.15) is 0 Å². The number of rotatable bonds is 1. The fraction of sp³-hybridized carbons (Fsp3) is 0.533. The Bertz CT molecular complexity index is 571. The molecule has 20 heavy (non-hydrogen) atoms. The summed E-state index contributed by atoms with van der Waals surface area (Å²) in [5.41, 5.74) is 2.77. The van der Waals surface area contributed by atoms with Gasteiger partial charge in [0.05, 0.1) is 5.69 Å². The van der Waals surface area contributed by atoms with Gasteiger partial charge in [-0.25, -0.2) is 0 Å². The molecule has 0 radical (unpaired) electrons. The number of aliphatic hydroxyl groups is 1. The third-order valence-electron chi connectivity index (χ3n) is 4.16. The molecular formula is C15H19BrN2O2. The largest absolute Gasteiger partial charge is 0.378 e. The molecule has 1 amide bonds. The number of halogens is 1. The van der Waals surface area contributed by atoms with Crippen LogP contribution in [0.15, 0.2) is 16.6 Å². The number of nitrogens with one attached hydrogen (secondary N) is 1. The van der Waals surface area contributed by atoms with Crippen molar-refractivity contribution in [1.82, 2.24) is 0 Å². The van der Waals surface area contributed by atoms with Crippen molar-refractivity contribution < 1.29 is 9.90 Å². The minimum absolute atomic E-state index is 0.305. The molecule has 2 aliphatic heterocycles. The zero-order valence-electron chi connectivity index (χ0n) is 11.7. The van der Waals surface area contributed by atoms with E-state index in [0.29, 0.717) is 11.0 Å². The Morgan fingerprint density at radius 1 is 1.45 bits per heavy atom. The van der Waals surface area contributed by atoms with E-state index in [0.717, 1.165) is 28.9 Å². The normalized spacial score (nSPS) is 24.5. The number of fused-ring (bicyclic) bond motifs is 1. The number of carbonyl (C=O) groups excluding carboxylic acids is 1. The zero-order valence-corrected chi connectivity index (χ0v) is 13.3. The standard InChI is InChI=1S/C15H19BrN2O2/c1-15(2)4-3-5-18(8-15)12-7-11-9(6-10(12)16)13(19)14(20)17-11/h6-7,13,19H,3-5,8H2,1-2H3,(H,17,20). The van der Waals surface area contributed by atoms with Crippen molar-refractivity contribution in [2.24, 2.45) is 5.41 Å². The van der Waals surface area contributed by atoms with E-state index in [1.807, 2.05) is 12.1 Å². The summed E-state index contributed by atoms with van der Waals surface area (Å²) >= 11 is 3.58. The molecule has 0 spiro atoms. The average Bonchev–Trinajstić information content (AvgIpc) is 2.63. The quantitative estimate of drug-likeness (QED) is 0.827. The number of benzene rings is 1. The molecule has 0 aromatic heterocycles. The first-order valence-electron chi connectivity index (χ1n) is 6.95. The Balaban J connectivity index is 1.96. The van der Waals surface area contributed by atoms with Crippen LogP contribution >= 0.6 is 15.9 Å². The maximum Gasteiger partial charge on any atom is 0.257 e. The van der Waals surface area contributed by atoms with Gasteiger partial charge in [-0.05, 0) is 46.3 Å². The van der Waals surface area contributed by atoms with E-state index < -0.39 is 6.10 Å². The van der Waals surface area contributed by atoms with Gasteiger partial charge < -0.3 is 15.3 Å². The Morgan fingerprint density at radius 2 is 2.20 bits per heavy atom. The summed E-state index contributed by atoms with van der Waals surface area (Å²) < 4.78 is 0.935. The molecule has 1 aromatic rings. The average molecular weight is 339 g/mol. The molecule has 1 fully saturated rings. The zero-order chi connectivity index (χ0) is 14.5. The molecule has 2 aliphatic rings. The van der Waals surface area contributed by atoms with Crippen molar-refractivity contribution in [1.29, 1.82) is 0 Å². The molecule has 0 aliphatic carbocycles. The number of carbonyl (C=O) groups is 1. The first-order chi connectivity index (χ1) is 9.37. The lowest BCUT2D eigenvalue weighted by molar-refractivity contribution is -0.123. The van der Waals surface area contributed by atoms with Gasteiger partial charge in [-0.3, -0.25) is 4.79 Å². The summed E-state index contributed by atoms with van der Waals surface area (Å²) in [6, 6.07) is 3.82. The number of aliphatic hydroxyl groups excluding tert-OH is 1. The molecule has 2 N–H and O–H groups in total. The van der Waals surface area contributed by atoms with E-state index in [1.54, 1.807) is 0 Å². The number of nitrogens with zero attached hydrogens (tertiary/aromatic N) is 1. The van der Waals surface area contributed by atoms with Crippen molar-refractivity contribution in [2.75, 3.05) is 23.3 Å². The van der Waals surface area contributed by atoms with Gasteiger partial charge in [0.15, 0.2) is 6.10 Å². The van der Waals surface area contributed by atoms with E-state index in [2.05, 4.69) is 40.0 Å². The molecule has 0 bridgehead atoms. The Hall–Kier alpha value is -1.07. The molecule has 5 heteroatoms. The number of hydrogen-bond acceptors (Lipinski definition) is 3. The van der Waals surface area contributed by atoms with Gasteiger partial charge in [0.1, 0.15) is 0 Å². The van der Waals surface area contributed by atoms with E-state index in [-0.39, 0.29) is 5.91 Å². The lowest BCUT2D eigenvalue weighted by atomic mass is 9.84. The van der Waals surface area contributed by atoms with Crippen LogP contribution in [0.25, 0.3) is 0 Å². The molecule has 1 saturated heterocycles. The SMILES string of the molecule is CC1(C)CCCN(c2cc3c(cc2Br)C(O)C(=O)N3)C1. The highest BCUT2D eigenvalue weighted by molar-refractivity contribution is 9.10. The highest BCUT2D eigenvalue weighted by Gasteiger charge is 2.32. The van der Waals surface area contributed by atoms with E-state index in [4.69, 9.17) is 0 Å². The molecular weight excluding hydrogens is 320 g/mol. The van der Waals surface area contributed by atoms with E-state index in [9.17, 15) is 9.90 Å². The molecule has 1 atom stereocenters. The Labute approximate surface area is 127 Å².